The number of nitrogens with zero attached hydrogens (tertiary/aromatic N) is 1. The third kappa shape index (κ3) is 3.50. The molecule has 3 amide bonds. The minimum Gasteiger partial charge on any atom is -0.352 e. The molecular weight excluding hydrogens is 254 g/mol. The number of benzene rings is 1. The molecule has 5 heteroatoms. The molecular formula is C15H21N3O2. The predicted molar refractivity (Wildman–Crippen MR) is 77.2 cm³/mol. The highest BCUT2D eigenvalue weighted by Crippen LogP contribution is 2.23. The van der Waals surface area contributed by atoms with E-state index < -0.39 is 6.03 Å². The molecule has 20 heavy (non-hydrogen) atoms. The zero-order chi connectivity index (χ0) is 14.5. The van der Waals surface area contributed by atoms with Crippen molar-refractivity contribution in [1.82, 2.24) is 10.2 Å². The molecule has 0 spiro atoms. The van der Waals surface area contributed by atoms with Crippen LogP contribution in [0.5, 0.6) is 0 Å². The largest absolute Gasteiger partial charge is 0.352 e. The van der Waals surface area contributed by atoms with Crippen LogP contribution < -0.4 is 11.1 Å². The van der Waals surface area contributed by atoms with E-state index in [0.29, 0.717) is 18.2 Å². The fourth-order valence-electron chi connectivity index (χ4n) is 2.62. The van der Waals surface area contributed by atoms with Crippen LogP contribution in [0.3, 0.4) is 0 Å². The Balaban J connectivity index is 1.97. The summed E-state index contributed by atoms with van der Waals surface area (Å²) in [5, 5.41) is 2.52. The van der Waals surface area contributed by atoms with Gasteiger partial charge >= 0.3 is 6.03 Å². The summed E-state index contributed by atoms with van der Waals surface area (Å²) in [7, 11) is 1.88. The van der Waals surface area contributed by atoms with Crippen molar-refractivity contribution in [3.05, 3.63) is 35.4 Å². The molecule has 1 fully saturated rings. The molecule has 0 saturated heterocycles. The predicted octanol–water partition coefficient (Wildman–Crippen LogP) is 1.87. The first-order valence-electron chi connectivity index (χ1n) is 6.97. The van der Waals surface area contributed by atoms with Crippen LogP contribution in [-0.2, 0) is 6.54 Å². The lowest BCUT2D eigenvalue weighted by Gasteiger charge is -2.24. The van der Waals surface area contributed by atoms with Crippen molar-refractivity contribution in [3.8, 4) is 0 Å². The van der Waals surface area contributed by atoms with Gasteiger partial charge in [0.15, 0.2) is 0 Å². The number of carbonyl (C=O) groups is 2. The maximum Gasteiger partial charge on any atom is 0.312 e. The molecule has 0 aliphatic heterocycles. The van der Waals surface area contributed by atoms with Gasteiger partial charge in [0.1, 0.15) is 0 Å². The molecule has 1 aliphatic rings. The summed E-state index contributed by atoms with van der Waals surface area (Å²) in [4.78, 5) is 24.8. The first-order chi connectivity index (χ1) is 9.58. The lowest BCUT2D eigenvalue weighted by Crippen LogP contribution is -2.35. The van der Waals surface area contributed by atoms with Gasteiger partial charge in [0, 0.05) is 25.2 Å². The average molecular weight is 275 g/mol. The SMILES string of the molecule is CN(C(=O)c1ccc(CNC(N)=O)cc1)C1CCCC1. The van der Waals surface area contributed by atoms with Crippen LogP contribution in [0.15, 0.2) is 24.3 Å². The monoisotopic (exact) mass is 275 g/mol. The van der Waals surface area contributed by atoms with Gasteiger partial charge in [-0.15, -0.1) is 0 Å². The Bertz CT molecular complexity index is 478. The first kappa shape index (κ1) is 14.4. The maximum atomic E-state index is 12.3. The molecule has 0 heterocycles. The summed E-state index contributed by atoms with van der Waals surface area (Å²) in [6.45, 7) is 0.377. The minimum absolute atomic E-state index is 0.0614. The number of urea groups is 1. The third-order valence-corrected chi connectivity index (χ3v) is 3.86. The smallest absolute Gasteiger partial charge is 0.312 e. The second-order valence-electron chi connectivity index (χ2n) is 5.27. The van der Waals surface area contributed by atoms with Gasteiger partial charge in [0.2, 0.25) is 0 Å². The second-order valence-corrected chi connectivity index (χ2v) is 5.27. The molecule has 1 aliphatic carbocycles. The van der Waals surface area contributed by atoms with E-state index in [4.69, 9.17) is 5.73 Å². The number of primary amides is 1. The van der Waals surface area contributed by atoms with Crippen LogP contribution in [0.4, 0.5) is 4.79 Å². The average Bonchev–Trinajstić information content (AvgIpc) is 2.98. The molecule has 0 atom stereocenters. The van der Waals surface area contributed by atoms with Gasteiger partial charge in [-0.2, -0.15) is 0 Å². The van der Waals surface area contributed by atoms with E-state index in [1.54, 1.807) is 12.1 Å². The molecule has 1 aromatic rings. The number of carbonyl (C=O) groups excluding carboxylic acids is 2. The Kier molecular flexibility index (Phi) is 4.61. The Labute approximate surface area is 119 Å². The van der Waals surface area contributed by atoms with Crippen molar-refractivity contribution in [3.63, 3.8) is 0 Å². The second kappa shape index (κ2) is 6.41. The van der Waals surface area contributed by atoms with Crippen LogP contribution in [0, 0.1) is 0 Å². The highest BCUT2D eigenvalue weighted by Gasteiger charge is 2.23. The van der Waals surface area contributed by atoms with Crippen LogP contribution in [0.25, 0.3) is 0 Å². The zero-order valence-electron chi connectivity index (χ0n) is 11.8. The maximum absolute atomic E-state index is 12.3. The van der Waals surface area contributed by atoms with Crippen LogP contribution in [-0.4, -0.2) is 29.9 Å². The molecule has 1 saturated carbocycles. The number of hydrogen-bond donors (Lipinski definition) is 2. The molecule has 0 bridgehead atoms. The fraction of sp³-hybridized carbons (Fsp3) is 0.467. The Hall–Kier alpha value is -2.04. The van der Waals surface area contributed by atoms with Crippen molar-refractivity contribution in [2.45, 2.75) is 38.3 Å². The normalized spacial score (nSPS) is 15.1. The van der Waals surface area contributed by atoms with Crippen molar-refractivity contribution in [1.29, 1.82) is 0 Å². The Morgan fingerprint density at radius 3 is 2.40 bits per heavy atom. The molecule has 3 N–H and O–H groups in total. The van der Waals surface area contributed by atoms with Gasteiger partial charge in [-0.3, -0.25) is 4.79 Å². The summed E-state index contributed by atoms with van der Waals surface area (Å²) in [6.07, 6.45) is 4.62. The van der Waals surface area contributed by atoms with E-state index in [0.717, 1.165) is 18.4 Å². The van der Waals surface area contributed by atoms with Gasteiger partial charge in [-0.25, -0.2) is 4.79 Å². The zero-order valence-corrected chi connectivity index (χ0v) is 11.8. The van der Waals surface area contributed by atoms with E-state index >= 15 is 0 Å². The van der Waals surface area contributed by atoms with E-state index in [2.05, 4.69) is 5.32 Å². The fourth-order valence-corrected chi connectivity index (χ4v) is 2.62. The highest BCUT2D eigenvalue weighted by atomic mass is 16.2. The first-order valence-corrected chi connectivity index (χ1v) is 6.97. The van der Waals surface area contributed by atoms with Crippen molar-refractivity contribution >= 4 is 11.9 Å². The molecule has 2 rings (SSSR count). The standard InChI is InChI=1S/C15H21N3O2/c1-18(13-4-2-3-5-13)14(19)12-8-6-11(7-9-12)10-17-15(16)20/h6-9,13H,2-5,10H2,1H3,(H3,16,17,20). The number of nitrogens with one attached hydrogen (secondary N) is 1. The summed E-state index contributed by atoms with van der Waals surface area (Å²) in [6, 6.07) is 7.10. The van der Waals surface area contributed by atoms with E-state index in [1.165, 1.54) is 12.8 Å². The Morgan fingerprint density at radius 2 is 1.85 bits per heavy atom. The minimum atomic E-state index is -0.550. The lowest BCUT2D eigenvalue weighted by molar-refractivity contribution is 0.0735. The molecule has 0 unspecified atom stereocenters. The molecule has 5 nitrogen and oxygen atoms in total. The van der Waals surface area contributed by atoms with Gasteiger partial charge in [0.25, 0.3) is 5.91 Å². The highest BCUT2D eigenvalue weighted by molar-refractivity contribution is 5.94. The van der Waals surface area contributed by atoms with E-state index in [-0.39, 0.29) is 5.91 Å². The number of nitrogens with two attached hydrogens (primary N) is 1. The summed E-state index contributed by atoms with van der Waals surface area (Å²) in [5.74, 6) is 0.0614. The topological polar surface area (TPSA) is 75.4 Å². The van der Waals surface area contributed by atoms with E-state index in [9.17, 15) is 9.59 Å². The van der Waals surface area contributed by atoms with Crippen LogP contribution >= 0.6 is 0 Å². The van der Waals surface area contributed by atoms with Crippen molar-refractivity contribution in [2.75, 3.05) is 7.05 Å². The van der Waals surface area contributed by atoms with Gasteiger partial charge in [-0.1, -0.05) is 25.0 Å². The van der Waals surface area contributed by atoms with Crippen molar-refractivity contribution < 1.29 is 9.59 Å². The summed E-state index contributed by atoms with van der Waals surface area (Å²) < 4.78 is 0. The van der Waals surface area contributed by atoms with Crippen LogP contribution in [0.1, 0.15) is 41.6 Å². The summed E-state index contributed by atoms with van der Waals surface area (Å²) in [5.41, 5.74) is 6.62. The van der Waals surface area contributed by atoms with Crippen LogP contribution in [0.2, 0.25) is 0 Å². The summed E-state index contributed by atoms with van der Waals surface area (Å²) >= 11 is 0. The third-order valence-electron chi connectivity index (χ3n) is 3.86. The number of amides is 3. The number of rotatable bonds is 4. The Morgan fingerprint density at radius 1 is 1.25 bits per heavy atom. The molecule has 108 valence electrons. The van der Waals surface area contributed by atoms with Crippen molar-refractivity contribution in [2.24, 2.45) is 5.73 Å². The van der Waals surface area contributed by atoms with Gasteiger partial charge < -0.3 is 16.0 Å². The molecule has 1 aromatic carbocycles. The number of hydrogen-bond acceptors (Lipinski definition) is 2. The van der Waals surface area contributed by atoms with E-state index in [1.807, 2.05) is 24.1 Å². The quantitative estimate of drug-likeness (QED) is 0.880. The lowest BCUT2D eigenvalue weighted by atomic mass is 10.1. The van der Waals surface area contributed by atoms with Gasteiger partial charge in [-0.05, 0) is 30.5 Å². The molecule has 0 aromatic heterocycles. The van der Waals surface area contributed by atoms with Gasteiger partial charge in [0.05, 0.1) is 0 Å². The molecule has 0 radical (unpaired) electrons.